The largest absolute Gasteiger partial charge is 0.316 e. The summed E-state index contributed by atoms with van der Waals surface area (Å²) in [4.78, 5) is 0. The van der Waals surface area contributed by atoms with Gasteiger partial charge in [-0.15, -0.1) is 0 Å². The summed E-state index contributed by atoms with van der Waals surface area (Å²) in [6.07, 6.45) is 2.72. The molecule has 1 rings (SSSR count). The van der Waals surface area contributed by atoms with Crippen LogP contribution in [0.5, 0.6) is 0 Å². The summed E-state index contributed by atoms with van der Waals surface area (Å²) in [6.45, 7) is 7.00. The average molecular weight is 127 g/mol. The minimum absolute atomic E-state index is 1.01. The molecule has 0 aliphatic heterocycles. The van der Waals surface area contributed by atoms with Gasteiger partial charge in [0.25, 0.3) is 0 Å². The summed E-state index contributed by atoms with van der Waals surface area (Å²) >= 11 is 0. The fraction of sp³-hybridized carbons (Fsp3) is 1.00. The second-order valence-electron chi connectivity index (χ2n) is 3.18. The van der Waals surface area contributed by atoms with E-state index < -0.39 is 0 Å². The van der Waals surface area contributed by atoms with E-state index in [1.165, 1.54) is 25.9 Å². The fourth-order valence-corrected chi connectivity index (χ4v) is 1.15. The molecule has 1 fully saturated rings. The van der Waals surface area contributed by atoms with Crippen LogP contribution < -0.4 is 5.32 Å². The van der Waals surface area contributed by atoms with Crippen LogP contribution in [-0.4, -0.2) is 13.1 Å². The smallest absolute Gasteiger partial charge is 0.00179 e. The minimum Gasteiger partial charge on any atom is -0.316 e. The summed E-state index contributed by atoms with van der Waals surface area (Å²) in [5.41, 5.74) is 0. The molecule has 0 amide bonds. The molecule has 54 valence electrons. The molecule has 0 heterocycles. The Morgan fingerprint density at radius 3 is 2.67 bits per heavy atom. The van der Waals surface area contributed by atoms with Crippen LogP contribution in [0.3, 0.4) is 0 Å². The van der Waals surface area contributed by atoms with E-state index in [9.17, 15) is 0 Å². The van der Waals surface area contributed by atoms with E-state index in [-0.39, 0.29) is 0 Å². The van der Waals surface area contributed by atoms with Crippen molar-refractivity contribution in [2.75, 3.05) is 13.1 Å². The minimum atomic E-state index is 1.01. The van der Waals surface area contributed by atoms with Crippen LogP contribution in [0.15, 0.2) is 0 Å². The Morgan fingerprint density at radius 2 is 2.22 bits per heavy atom. The van der Waals surface area contributed by atoms with Crippen molar-refractivity contribution in [1.29, 1.82) is 0 Å². The third-order valence-electron chi connectivity index (χ3n) is 2.11. The van der Waals surface area contributed by atoms with Gasteiger partial charge in [-0.3, -0.25) is 0 Å². The molecule has 0 aromatic heterocycles. The second-order valence-corrected chi connectivity index (χ2v) is 3.18. The molecule has 1 heteroatoms. The van der Waals surface area contributed by atoms with Crippen molar-refractivity contribution in [3.05, 3.63) is 0 Å². The molecular weight excluding hydrogens is 110 g/mol. The Morgan fingerprint density at radius 1 is 1.56 bits per heavy atom. The lowest BCUT2D eigenvalue weighted by Gasteiger charge is -1.98. The Labute approximate surface area is 57.8 Å². The Bertz CT molecular complexity index is 80.6. The van der Waals surface area contributed by atoms with Crippen molar-refractivity contribution in [3.63, 3.8) is 0 Å². The molecule has 0 bridgehead atoms. The van der Waals surface area contributed by atoms with E-state index in [2.05, 4.69) is 19.2 Å². The summed E-state index contributed by atoms with van der Waals surface area (Å²) in [5.74, 6) is 2.02. The van der Waals surface area contributed by atoms with Crippen LogP contribution >= 0.6 is 0 Å². The highest BCUT2D eigenvalue weighted by Gasteiger charge is 2.31. The summed E-state index contributed by atoms with van der Waals surface area (Å²) in [7, 11) is 0. The number of hydrogen-bond acceptors (Lipinski definition) is 1. The predicted molar refractivity (Wildman–Crippen MR) is 40.4 cm³/mol. The molecule has 0 unspecified atom stereocenters. The molecule has 1 aliphatic carbocycles. The monoisotopic (exact) mass is 127 g/mol. The summed E-state index contributed by atoms with van der Waals surface area (Å²) < 4.78 is 0. The Kier molecular flexibility index (Phi) is 2.52. The molecule has 0 aromatic rings. The standard InChI is InChI=1S/C8H17N/c1-3-4-9-6-8-5-7(8)2/h7-9H,3-6H2,1-2H3/t7-,8+/m1/s1. The van der Waals surface area contributed by atoms with E-state index in [0.29, 0.717) is 0 Å². The maximum Gasteiger partial charge on any atom is -0.00179 e. The maximum atomic E-state index is 3.43. The third kappa shape index (κ3) is 2.35. The quantitative estimate of drug-likeness (QED) is 0.566. The van der Waals surface area contributed by atoms with Gasteiger partial charge in [0, 0.05) is 0 Å². The van der Waals surface area contributed by atoms with Gasteiger partial charge in [-0.1, -0.05) is 13.8 Å². The van der Waals surface area contributed by atoms with Gasteiger partial charge >= 0.3 is 0 Å². The highest BCUT2D eigenvalue weighted by atomic mass is 14.9. The molecule has 0 radical (unpaired) electrons. The Hall–Kier alpha value is -0.0400. The molecule has 1 saturated carbocycles. The zero-order valence-electron chi connectivity index (χ0n) is 6.48. The maximum absolute atomic E-state index is 3.43. The zero-order chi connectivity index (χ0) is 6.69. The first-order valence-corrected chi connectivity index (χ1v) is 4.05. The topological polar surface area (TPSA) is 12.0 Å². The van der Waals surface area contributed by atoms with Crippen molar-refractivity contribution in [2.45, 2.75) is 26.7 Å². The van der Waals surface area contributed by atoms with Crippen molar-refractivity contribution in [1.82, 2.24) is 5.32 Å². The van der Waals surface area contributed by atoms with E-state index in [4.69, 9.17) is 0 Å². The van der Waals surface area contributed by atoms with Crippen molar-refractivity contribution in [3.8, 4) is 0 Å². The molecule has 0 aromatic carbocycles. The predicted octanol–water partition coefficient (Wildman–Crippen LogP) is 1.64. The van der Waals surface area contributed by atoms with E-state index >= 15 is 0 Å². The molecular formula is C8H17N. The molecule has 1 N–H and O–H groups in total. The van der Waals surface area contributed by atoms with Gasteiger partial charge in [0.05, 0.1) is 0 Å². The van der Waals surface area contributed by atoms with Gasteiger partial charge < -0.3 is 5.32 Å². The fourth-order valence-electron chi connectivity index (χ4n) is 1.15. The molecule has 9 heavy (non-hydrogen) atoms. The van der Waals surface area contributed by atoms with Gasteiger partial charge in [-0.2, -0.15) is 0 Å². The van der Waals surface area contributed by atoms with E-state index in [1.807, 2.05) is 0 Å². The lowest BCUT2D eigenvalue weighted by Crippen LogP contribution is -2.17. The number of nitrogens with one attached hydrogen (secondary N) is 1. The second kappa shape index (κ2) is 3.21. The van der Waals surface area contributed by atoms with Crippen molar-refractivity contribution < 1.29 is 0 Å². The van der Waals surface area contributed by atoms with Crippen LogP contribution in [-0.2, 0) is 0 Å². The highest BCUT2D eigenvalue weighted by Crippen LogP contribution is 2.36. The van der Waals surface area contributed by atoms with Crippen molar-refractivity contribution >= 4 is 0 Å². The molecule has 1 nitrogen and oxygen atoms in total. The van der Waals surface area contributed by atoms with Crippen LogP contribution in [0, 0.1) is 11.8 Å². The Balaban J connectivity index is 1.83. The number of hydrogen-bond donors (Lipinski definition) is 1. The highest BCUT2D eigenvalue weighted by molar-refractivity contribution is 4.83. The molecule has 0 spiro atoms. The average Bonchev–Trinajstić information content (AvgIpc) is 2.48. The first-order chi connectivity index (χ1) is 4.34. The lowest BCUT2D eigenvalue weighted by atomic mass is 10.3. The molecule has 0 saturated heterocycles. The third-order valence-corrected chi connectivity index (χ3v) is 2.11. The van der Waals surface area contributed by atoms with Gasteiger partial charge in [-0.05, 0) is 37.8 Å². The van der Waals surface area contributed by atoms with E-state index in [1.54, 1.807) is 0 Å². The van der Waals surface area contributed by atoms with Crippen LogP contribution in [0.25, 0.3) is 0 Å². The van der Waals surface area contributed by atoms with Gasteiger partial charge in [0.15, 0.2) is 0 Å². The lowest BCUT2D eigenvalue weighted by molar-refractivity contribution is 0.606. The summed E-state index contributed by atoms with van der Waals surface area (Å²) in [6, 6.07) is 0. The first-order valence-electron chi connectivity index (χ1n) is 4.05. The summed E-state index contributed by atoms with van der Waals surface area (Å²) in [5, 5.41) is 3.43. The normalized spacial score (nSPS) is 32.7. The van der Waals surface area contributed by atoms with Crippen molar-refractivity contribution in [2.24, 2.45) is 11.8 Å². The van der Waals surface area contributed by atoms with Gasteiger partial charge in [0.2, 0.25) is 0 Å². The van der Waals surface area contributed by atoms with Gasteiger partial charge in [0.1, 0.15) is 0 Å². The first kappa shape index (κ1) is 7.07. The number of rotatable bonds is 4. The van der Waals surface area contributed by atoms with Crippen LogP contribution in [0.4, 0.5) is 0 Å². The SMILES string of the molecule is CCCNC[C@@H]1C[C@H]1C. The van der Waals surface area contributed by atoms with Crippen LogP contribution in [0.1, 0.15) is 26.7 Å². The zero-order valence-corrected chi connectivity index (χ0v) is 6.48. The molecule has 1 aliphatic rings. The van der Waals surface area contributed by atoms with E-state index in [0.717, 1.165) is 11.8 Å². The molecule has 2 atom stereocenters. The van der Waals surface area contributed by atoms with Gasteiger partial charge in [-0.25, -0.2) is 0 Å². The van der Waals surface area contributed by atoms with Crippen LogP contribution in [0.2, 0.25) is 0 Å².